The third-order valence-corrected chi connectivity index (χ3v) is 4.23. The van der Waals surface area contributed by atoms with Crippen molar-refractivity contribution in [3.8, 4) is 0 Å². The Hall–Kier alpha value is 0.300. The fourth-order valence-corrected chi connectivity index (χ4v) is 2.84. The van der Waals surface area contributed by atoms with Crippen LogP contribution in [-0.2, 0) is 11.3 Å². The Morgan fingerprint density at radius 1 is 1.43 bits per heavy atom. The largest absolute Gasteiger partial charge is 0.760 e. The Morgan fingerprint density at radius 2 is 2.00 bits per heavy atom. The SMILES string of the molecule is O=S([O-])NCCN1CCS(O)(O)CC1. The molecular weight excluding hydrogens is 228 g/mol. The highest BCUT2D eigenvalue weighted by atomic mass is 32.3. The second kappa shape index (κ2) is 5.40. The molecule has 0 bridgehead atoms. The first kappa shape index (κ1) is 12.4. The molecule has 14 heavy (non-hydrogen) atoms. The third kappa shape index (κ3) is 4.69. The molecule has 1 saturated heterocycles. The predicted octanol–water partition coefficient (Wildman–Crippen LogP) is -0.564. The molecular formula is C6H15N2O4S2-. The van der Waals surface area contributed by atoms with Crippen LogP contribution < -0.4 is 4.72 Å². The molecule has 1 unspecified atom stereocenters. The smallest absolute Gasteiger partial charge is 0.0502 e. The summed E-state index contributed by atoms with van der Waals surface area (Å²) >= 11 is -2.21. The van der Waals surface area contributed by atoms with Gasteiger partial charge in [-0.3, -0.25) is 18.2 Å². The molecule has 1 aliphatic rings. The van der Waals surface area contributed by atoms with Crippen LogP contribution in [0.5, 0.6) is 0 Å². The normalized spacial score (nSPS) is 27.1. The molecule has 1 heterocycles. The molecule has 1 aliphatic heterocycles. The summed E-state index contributed by atoms with van der Waals surface area (Å²) in [6, 6.07) is 0. The van der Waals surface area contributed by atoms with Crippen molar-refractivity contribution < 1.29 is 17.9 Å². The van der Waals surface area contributed by atoms with Gasteiger partial charge >= 0.3 is 0 Å². The monoisotopic (exact) mass is 243 g/mol. The third-order valence-electron chi connectivity index (χ3n) is 2.12. The Labute approximate surface area is 87.4 Å². The zero-order valence-electron chi connectivity index (χ0n) is 7.72. The second-order valence-corrected chi connectivity index (χ2v) is 6.36. The summed E-state index contributed by atoms with van der Waals surface area (Å²) in [5.41, 5.74) is 0. The fourth-order valence-electron chi connectivity index (χ4n) is 1.28. The fraction of sp³-hybridized carbons (Fsp3) is 1.00. The van der Waals surface area contributed by atoms with Crippen LogP contribution in [0.15, 0.2) is 0 Å². The molecule has 3 N–H and O–H groups in total. The summed E-state index contributed by atoms with van der Waals surface area (Å²) in [6.07, 6.45) is 0. The van der Waals surface area contributed by atoms with E-state index in [1.807, 2.05) is 4.90 Å². The first-order valence-corrected chi connectivity index (χ1v) is 7.24. The Bertz CT molecular complexity index is 204. The van der Waals surface area contributed by atoms with Gasteiger partial charge in [0.25, 0.3) is 0 Å². The van der Waals surface area contributed by atoms with Gasteiger partial charge in [0.2, 0.25) is 0 Å². The van der Waals surface area contributed by atoms with E-state index >= 15 is 0 Å². The average Bonchev–Trinajstić information content (AvgIpc) is 2.07. The van der Waals surface area contributed by atoms with Crippen LogP contribution in [0.1, 0.15) is 0 Å². The van der Waals surface area contributed by atoms with E-state index in [1.165, 1.54) is 0 Å². The van der Waals surface area contributed by atoms with Crippen molar-refractivity contribution >= 4 is 21.9 Å². The lowest BCUT2D eigenvalue weighted by Gasteiger charge is -2.40. The van der Waals surface area contributed by atoms with Gasteiger partial charge in [0.15, 0.2) is 0 Å². The minimum Gasteiger partial charge on any atom is -0.760 e. The van der Waals surface area contributed by atoms with Crippen LogP contribution in [-0.4, -0.2) is 60.5 Å². The van der Waals surface area contributed by atoms with Crippen molar-refractivity contribution in [2.24, 2.45) is 0 Å². The maximum absolute atomic E-state index is 10.1. The highest BCUT2D eigenvalue weighted by molar-refractivity contribution is 8.24. The summed E-state index contributed by atoms with van der Waals surface area (Å²) in [4.78, 5) is 2.01. The summed E-state index contributed by atoms with van der Waals surface area (Å²) < 4.78 is 41.2. The van der Waals surface area contributed by atoms with Gasteiger partial charge in [0.05, 0.1) is 11.5 Å². The highest BCUT2D eigenvalue weighted by Crippen LogP contribution is 2.39. The average molecular weight is 243 g/mol. The quantitative estimate of drug-likeness (QED) is 0.575. The van der Waals surface area contributed by atoms with E-state index in [1.54, 1.807) is 0 Å². The molecule has 0 aromatic heterocycles. The lowest BCUT2D eigenvalue weighted by molar-refractivity contribution is 0.289. The van der Waals surface area contributed by atoms with E-state index in [9.17, 15) is 17.9 Å². The van der Waals surface area contributed by atoms with Gasteiger partial charge in [-0.1, -0.05) is 0 Å². The maximum Gasteiger partial charge on any atom is 0.0502 e. The molecule has 86 valence electrons. The zero-order chi connectivity index (χ0) is 10.6. The summed E-state index contributed by atoms with van der Waals surface area (Å²) in [5.74, 6) is 0.793. The van der Waals surface area contributed by atoms with E-state index in [4.69, 9.17) is 0 Å². The number of nitrogens with zero attached hydrogens (tertiary/aromatic N) is 1. The van der Waals surface area contributed by atoms with E-state index in [-0.39, 0.29) is 0 Å². The van der Waals surface area contributed by atoms with Crippen molar-refractivity contribution in [3.05, 3.63) is 0 Å². The van der Waals surface area contributed by atoms with Crippen LogP contribution in [0.4, 0.5) is 0 Å². The molecule has 1 atom stereocenters. The van der Waals surface area contributed by atoms with Crippen LogP contribution in [0.2, 0.25) is 0 Å². The van der Waals surface area contributed by atoms with E-state index in [0.717, 1.165) is 0 Å². The minimum absolute atomic E-state index is 0.370. The molecule has 1 fully saturated rings. The van der Waals surface area contributed by atoms with Gasteiger partial charge in [-0.25, -0.2) is 4.72 Å². The number of hydrogen-bond donors (Lipinski definition) is 3. The standard InChI is InChI=1S/C6H16N2O4S2/c9-13(10)7-1-2-8-3-5-14(11,12)6-4-8/h7,11-12H,1-6H2,(H,9,10)/p-1. The lowest BCUT2D eigenvalue weighted by Crippen LogP contribution is -2.41. The van der Waals surface area contributed by atoms with E-state index in [0.29, 0.717) is 37.7 Å². The minimum atomic E-state index is -2.34. The molecule has 0 amide bonds. The van der Waals surface area contributed by atoms with E-state index < -0.39 is 21.9 Å². The zero-order valence-corrected chi connectivity index (χ0v) is 9.35. The maximum atomic E-state index is 10.1. The lowest BCUT2D eigenvalue weighted by atomic mass is 10.5. The Kier molecular flexibility index (Phi) is 4.77. The molecule has 0 spiro atoms. The topological polar surface area (TPSA) is 95.9 Å². The number of rotatable bonds is 4. The van der Waals surface area contributed by atoms with Crippen molar-refractivity contribution in [1.82, 2.24) is 9.62 Å². The Balaban J connectivity index is 2.13. The summed E-state index contributed by atoms with van der Waals surface area (Å²) in [6.45, 7) is 2.23. The molecule has 0 aliphatic carbocycles. The molecule has 0 radical (unpaired) electrons. The predicted molar refractivity (Wildman–Crippen MR) is 55.9 cm³/mol. The van der Waals surface area contributed by atoms with Gasteiger partial charge in [-0.15, -0.1) is 0 Å². The van der Waals surface area contributed by atoms with Gasteiger partial charge < -0.3 is 4.55 Å². The molecule has 0 aromatic carbocycles. The molecule has 0 aromatic rings. The van der Waals surface area contributed by atoms with Crippen LogP contribution >= 0.6 is 10.6 Å². The molecule has 8 heteroatoms. The Morgan fingerprint density at radius 3 is 2.50 bits per heavy atom. The molecule has 1 rings (SSSR count). The summed E-state index contributed by atoms with van der Waals surface area (Å²) in [5, 5.41) is 0. The van der Waals surface area contributed by atoms with Gasteiger partial charge in [-0.2, -0.15) is 10.6 Å². The van der Waals surface area contributed by atoms with Gasteiger partial charge in [-0.05, 0) is 0 Å². The van der Waals surface area contributed by atoms with Crippen molar-refractivity contribution in [1.29, 1.82) is 0 Å². The van der Waals surface area contributed by atoms with Crippen LogP contribution in [0.3, 0.4) is 0 Å². The van der Waals surface area contributed by atoms with Crippen molar-refractivity contribution in [2.45, 2.75) is 0 Å². The number of hydrogen-bond acceptors (Lipinski definition) is 5. The van der Waals surface area contributed by atoms with E-state index in [2.05, 4.69) is 4.72 Å². The first-order valence-electron chi connectivity index (χ1n) is 4.28. The first-order chi connectivity index (χ1) is 6.49. The van der Waals surface area contributed by atoms with Gasteiger partial charge in [0, 0.05) is 37.4 Å². The summed E-state index contributed by atoms with van der Waals surface area (Å²) in [7, 11) is -2.34. The number of nitrogens with one attached hydrogen (secondary N) is 1. The van der Waals surface area contributed by atoms with Gasteiger partial charge in [0.1, 0.15) is 0 Å². The van der Waals surface area contributed by atoms with Crippen molar-refractivity contribution in [2.75, 3.05) is 37.7 Å². The second-order valence-electron chi connectivity index (χ2n) is 3.18. The molecule has 6 nitrogen and oxygen atoms in total. The van der Waals surface area contributed by atoms with Crippen molar-refractivity contribution in [3.63, 3.8) is 0 Å². The molecule has 0 saturated carbocycles. The van der Waals surface area contributed by atoms with Crippen LogP contribution in [0.25, 0.3) is 0 Å². The highest BCUT2D eigenvalue weighted by Gasteiger charge is 2.21. The van der Waals surface area contributed by atoms with Crippen LogP contribution in [0, 0.1) is 0 Å².